The van der Waals surface area contributed by atoms with Crippen LogP contribution in [0.3, 0.4) is 0 Å². The van der Waals surface area contributed by atoms with E-state index in [1.54, 1.807) is 25.0 Å². The zero-order valence-electron chi connectivity index (χ0n) is 25.3. The Kier molecular flexibility index (Phi) is 10.4. The highest BCUT2D eigenvalue weighted by molar-refractivity contribution is 8.00. The number of thioether (sulfide) groups is 2. The Morgan fingerprint density at radius 1 is 0.897 bits per heavy atom. The van der Waals surface area contributed by atoms with Crippen LogP contribution in [-0.2, 0) is 0 Å². The molecule has 39 heavy (non-hydrogen) atoms. The van der Waals surface area contributed by atoms with Gasteiger partial charge in [-0.1, -0.05) is 50.5 Å². The predicted octanol–water partition coefficient (Wildman–Crippen LogP) is 6.76. The number of rotatable bonds is 13. The molecule has 3 fully saturated rings. The van der Waals surface area contributed by atoms with Crippen LogP contribution in [0.15, 0.2) is 23.3 Å². The van der Waals surface area contributed by atoms with Crippen molar-refractivity contribution >= 4 is 23.5 Å². The summed E-state index contributed by atoms with van der Waals surface area (Å²) in [5, 5.41) is 40.6. The molecule has 224 valence electrons. The van der Waals surface area contributed by atoms with Crippen molar-refractivity contribution in [3.05, 3.63) is 23.3 Å². The van der Waals surface area contributed by atoms with Gasteiger partial charge in [0.05, 0.1) is 24.4 Å². The van der Waals surface area contributed by atoms with Crippen LogP contribution in [0, 0.1) is 28.6 Å². The van der Waals surface area contributed by atoms with Crippen LogP contribution in [0.5, 0.6) is 0 Å². The molecular formula is C33H56O4S2. The number of aliphatic hydroxyl groups is 4. The van der Waals surface area contributed by atoms with E-state index in [0.717, 1.165) is 42.6 Å². The van der Waals surface area contributed by atoms with Gasteiger partial charge < -0.3 is 20.4 Å². The number of aliphatic hydroxyl groups excluding tert-OH is 2. The summed E-state index contributed by atoms with van der Waals surface area (Å²) in [6, 6.07) is 0. The van der Waals surface area contributed by atoms with Gasteiger partial charge in [0.2, 0.25) is 0 Å². The third-order valence-corrected chi connectivity index (χ3v) is 14.3. The second-order valence-electron chi connectivity index (χ2n) is 14.3. The van der Waals surface area contributed by atoms with E-state index in [-0.39, 0.29) is 18.6 Å². The van der Waals surface area contributed by atoms with E-state index in [1.165, 1.54) is 38.5 Å². The average Bonchev–Trinajstić information content (AvgIpc) is 3.25. The van der Waals surface area contributed by atoms with E-state index >= 15 is 0 Å². The molecule has 0 aromatic heterocycles. The first-order valence-corrected chi connectivity index (χ1v) is 17.8. The largest absolute Gasteiger partial charge is 0.393 e. The van der Waals surface area contributed by atoms with Gasteiger partial charge >= 0.3 is 0 Å². The molecule has 0 aromatic rings. The molecule has 0 heterocycles. The standard InChI is InChI=1S/C33H56O4S2/c1-6-23-10-12-27-26-11-9-24-19-25(38-17-7-14-30(2,36)21-34)20-29(39-18-8-15-31(3,37)22-35)33(24,5)28(26)13-16-32(23,27)4/h9,11,23,25,27-29,34-37H,6-8,10,12-22H2,1-5H3/t23-,25?,27-,28-,29?,30?,31?,32+,33-/m0/s1. The van der Waals surface area contributed by atoms with Crippen molar-refractivity contribution in [2.75, 3.05) is 24.7 Å². The Balaban J connectivity index is 1.51. The minimum Gasteiger partial charge on any atom is -0.393 e. The molecule has 4 nitrogen and oxygen atoms in total. The highest BCUT2D eigenvalue weighted by atomic mass is 32.2. The summed E-state index contributed by atoms with van der Waals surface area (Å²) in [5.74, 6) is 4.30. The topological polar surface area (TPSA) is 80.9 Å². The fraction of sp³-hybridized carbons (Fsp3) is 0.879. The molecule has 3 saturated carbocycles. The molecule has 4 aliphatic rings. The third-order valence-electron chi connectivity index (χ3n) is 11.4. The van der Waals surface area contributed by atoms with Crippen molar-refractivity contribution < 1.29 is 20.4 Å². The monoisotopic (exact) mass is 580 g/mol. The van der Waals surface area contributed by atoms with E-state index in [0.29, 0.717) is 34.7 Å². The van der Waals surface area contributed by atoms with Gasteiger partial charge in [-0.25, -0.2) is 0 Å². The first-order chi connectivity index (χ1) is 18.4. The first kappa shape index (κ1) is 31.9. The van der Waals surface area contributed by atoms with Crippen molar-refractivity contribution in [2.24, 2.45) is 28.6 Å². The van der Waals surface area contributed by atoms with Crippen LogP contribution in [0.4, 0.5) is 0 Å². The molecule has 6 heteroatoms. The Hall–Kier alpha value is 0.0200. The van der Waals surface area contributed by atoms with Crippen LogP contribution in [0.1, 0.15) is 105 Å². The Labute approximate surface area is 246 Å². The van der Waals surface area contributed by atoms with Gasteiger partial charge in [-0.05, 0) is 113 Å². The van der Waals surface area contributed by atoms with E-state index < -0.39 is 11.2 Å². The lowest BCUT2D eigenvalue weighted by Crippen LogP contribution is -2.51. The molecule has 0 aliphatic heterocycles. The SMILES string of the molecule is CC[C@H]1CC[C@H]2C3=CC=C4CC(SCCCC(C)(O)CO)CC(SCCCC(C)(O)CO)[C@]4(C)[C@H]3CC[C@]12C. The minimum atomic E-state index is -0.983. The fourth-order valence-corrected chi connectivity index (χ4v) is 11.7. The zero-order valence-corrected chi connectivity index (χ0v) is 26.9. The normalized spacial score (nSPS) is 39.1. The maximum Gasteiger partial charge on any atom is 0.0849 e. The average molecular weight is 581 g/mol. The molecule has 9 atom stereocenters. The van der Waals surface area contributed by atoms with E-state index in [1.807, 2.05) is 0 Å². The van der Waals surface area contributed by atoms with Crippen molar-refractivity contribution in [1.29, 1.82) is 0 Å². The number of hydrogen-bond donors (Lipinski definition) is 4. The molecular weight excluding hydrogens is 524 g/mol. The third kappa shape index (κ3) is 6.67. The predicted molar refractivity (Wildman–Crippen MR) is 167 cm³/mol. The quantitative estimate of drug-likeness (QED) is 0.180. The molecule has 4 aliphatic carbocycles. The minimum absolute atomic E-state index is 0.177. The van der Waals surface area contributed by atoms with Gasteiger partial charge in [0.25, 0.3) is 0 Å². The van der Waals surface area contributed by atoms with Gasteiger partial charge in [0.1, 0.15) is 0 Å². The van der Waals surface area contributed by atoms with Crippen LogP contribution in [0.25, 0.3) is 0 Å². The number of fused-ring (bicyclic) bond motifs is 5. The summed E-state index contributed by atoms with van der Waals surface area (Å²) in [5.41, 5.74) is 2.12. The molecule has 0 amide bonds. The van der Waals surface area contributed by atoms with Crippen LogP contribution >= 0.6 is 23.5 Å². The number of allylic oxidation sites excluding steroid dienone is 4. The summed E-state index contributed by atoms with van der Waals surface area (Å²) >= 11 is 4.18. The lowest BCUT2D eigenvalue weighted by Gasteiger charge is -2.57. The van der Waals surface area contributed by atoms with Gasteiger partial charge in [0, 0.05) is 15.9 Å². The Morgan fingerprint density at radius 2 is 1.54 bits per heavy atom. The fourth-order valence-electron chi connectivity index (χ4n) is 8.69. The Morgan fingerprint density at radius 3 is 2.15 bits per heavy atom. The second-order valence-corrected chi connectivity index (χ2v) is 17.0. The summed E-state index contributed by atoms with van der Waals surface area (Å²) in [7, 11) is 0. The molecule has 4 unspecified atom stereocenters. The van der Waals surface area contributed by atoms with Crippen LogP contribution in [-0.4, -0.2) is 66.8 Å². The van der Waals surface area contributed by atoms with Crippen molar-refractivity contribution in [3.63, 3.8) is 0 Å². The van der Waals surface area contributed by atoms with Crippen LogP contribution < -0.4 is 0 Å². The van der Waals surface area contributed by atoms with E-state index in [9.17, 15) is 20.4 Å². The first-order valence-electron chi connectivity index (χ1n) is 15.7. The van der Waals surface area contributed by atoms with E-state index in [4.69, 9.17) is 0 Å². The van der Waals surface area contributed by atoms with Crippen molar-refractivity contribution in [3.8, 4) is 0 Å². The zero-order chi connectivity index (χ0) is 28.5. The smallest absolute Gasteiger partial charge is 0.0849 e. The van der Waals surface area contributed by atoms with Gasteiger partial charge in [-0.3, -0.25) is 0 Å². The molecule has 0 saturated heterocycles. The lowest BCUT2D eigenvalue weighted by molar-refractivity contribution is -0.00546. The summed E-state index contributed by atoms with van der Waals surface area (Å²) < 4.78 is 0. The maximum atomic E-state index is 10.3. The Bertz CT molecular complexity index is 898. The highest BCUT2D eigenvalue weighted by Crippen LogP contribution is 2.66. The summed E-state index contributed by atoms with van der Waals surface area (Å²) in [6.07, 6.45) is 17.3. The summed E-state index contributed by atoms with van der Waals surface area (Å²) in [4.78, 5) is 0. The number of hydrogen-bond acceptors (Lipinski definition) is 6. The summed E-state index contributed by atoms with van der Waals surface area (Å²) in [6.45, 7) is 10.7. The molecule has 0 bridgehead atoms. The molecule has 0 spiro atoms. The van der Waals surface area contributed by atoms with Crippen LogP contribution in [0.2, 0.25) is 0 Å². The lowest BCUT2D eigenvalue weighted by atomic mass is 9.50. The van der Waals surface area contributed by atoms with Crippen molar-refractivity contribution in [1.82, 2.24) is 0 Å². The maximum absolute atomic E-state index is 10.3. The van der Waals surface area contributed by atoms with Gasteiger partial charge in [-0.2, -0.15) is 23.5 Å². The van der Waals surface area contributed by atoms with Gasteiger partial charge in [0.15, 0.2) is 0 Å². The van der Waals surface area contributed by atoms with E-state index in [2.05, 4.69) is 56.4 Å². The molecule has 0 aromatic carbocycles. The molecule has 4 rings (SSSR count). The second kappa shape index (κ2) is 12.7. The highest BCUT2D eigenvalue weighted by Gasteiger charge is 2.58. The molecule has 4 N–H and O–H groups in total. The van der Waals surface area contributed by atoms with Gasteiger partial charge in [-0.15, -0.1) is 0 Å². The molecule has 0 radical (unpaired) electrons. The van der Waals surface area contributed by atoms with Crippen molar-refractivity contribution in [2.45, 2.75) is 127 Å².